The number of ketones is 1. The molecule has 1 aromatic heterocycles. The van der Waals surface area contributed by atoms with E-state index >= 15 is 0 Å². The fraction of sp³-hybridized carbons (Fsp3) is 0.625. The molecule has 1 saturated carbocycles. The van der Waals surface area contributed by atoms with Crippen LogP contribution in [0.5, 0.6) is 0 Å². The van der Waals surface area contributed by atoms with Crippen molar-refractivity contribution in [3.8, 4) is 0 Å². The Kier molecular flexibility index (Phi) is 3.08. The summed E-state index contributed by atoms with van der Waals surface area (Å²) in [6, 6.07) is 4.49. The minimum Gasteiger partial charge on any atom is -0.367 e. The highest BCUT2D eigenvalue weighted by Gasteiger charge is 2.32. The molecule has 2 aliphatic rings. The van der Waals surface area contributed by atoms with E-state index in [0.717, 1.165) is 23.5 Å². The van der Waals surface area contributed by atoms with Crippen molar-refractivity contribution >= 4 is 11.6 Å². The lowest BCUT2D eigenvalue weighted by Crippen LogP contribution is -2.28. The first kappa shape index (κ1) is 12.6. The maximum atomic E-state index is 12.1. The number of aromatic nitrogens is 1. The van der Waals surface area contributed by atoms with E-state index in [1.54, 1.807) is 0 Å². The number of rotatable bonds is 2. The van der Waals surface area contributed by atoms with Gasteiger partial charge in [0.15, 0.2) is 5.78 Å². The maximum Gasteiger partial charge on any atom is 0.165 e. The molecule has 1 N–H and O–H groups in total. The molecule has 0 atom stereocenters. The van der Waals surface area contributed by atoms with Crippen molar-refractivity contribution in [3.63, 3.8) is 0 Å². The van der Waals surface area contributed by atoms with Crippen LogP contribution >= 0.6 is 0 Å². The van der Waals surface area contributed by atoms with Gasteiger partial charge in [-0.1, -0.05) is 26.7 Å². The smallest absolute Gasteiger partial charge is 0.165 e. The highest BCUT2D eigenvalue weighted by Crippen LogP contribution is 2.34. The molecule has 3 heteroatoms. The van der Waals surface area contributed by atoms with Crippen LogP contribution < -0.4 is 5.32 Å². The highest BCUT2D eigenvalue weighted by molar-refractivity contribution is 5.98. The molecule has 0 aromatic carbocycles. The summed E-state index contributed by atoms with van der Waals surface area (Å²) in [4.78, 5) is 16.8. The highest BCUT2D eigenvalue weighted by atomic mass is 16.1. The topological polar surface area (TPSA) is 42.0 Å². The largest absolute Gasteiger partial charge is 0.367 e. The molecule has 1 aromatic rings. The molecule has 102 valence electrons. The van der Waals surface area contributed by atoms with E-state index in [4.69, 9.17) is 4.98 Å². The number of nitrogens with one attached hydrogen (secondary N) is 1. The minimum absolute atomic E-state index is 0.0447. The molecule has 0 saturated heterocycles. The summed E-state index contributed by atoms with van der Waals surface area (Å²) in [6.45, 7) is 4.29. The Morgan fingerprint density at radius 1 is 1.21 bits per heavy atom. The maximum absolute atomic E-state index is 12.1. The third kappa shape index (κ3) is 2.65. The van der Waals surface area contributed by atoms with Crippen molar-refractivity contribution in [1.82, 2.24) is 4.98 Å². The Labute approximate surface area is 114 Å². The standard InChI is InChI=1S/C16H22N2O/c1-16(2)9-13-12(14(19)10-16)7-8-15(18-13)17-11-5-3-4-6-11/h7-8,11H,3-6,9-10H2,1-2H3,(H,17,18). The van der Waals surface area contributed by atoms with Crippen LogP contribution in [0.2, 0.25) is 0 Å². The third-order valence-corrected chi connectivity index (χ3v) is 4.27. The Bertz CT molecular complexity index is 501. The number of carbonyl (C=O) groups is 1. The first-order valence-electron chi connectivity index (χ1n) is 7.33. The van der Waals surface area contributed by atoms with Crippen molar-refractivity contribution in [3.05, 3.63) is 23.4 Å². The van der Waals surface area contributed by atoms with Crippen molar-refractivity contribution < 1.29 is 4.79 Å². The van der Waals surface area contributed by atoms with E-state index in [-0.39, 0.29) is 11.2 Å². The second-order valence-electron chi connectivity index (χ2n) is 6.76. The number of nitrogens with zero attached hydrogens (tertiary/aromatic N) is 1. The summed E-state index contributed by atoms with van der Waals surface area (Å²) >= 11 is 0. The van der Waals surface area contributed by atoms with Crippen LogP contribution in [0.25, 0.3) is 0 Å². The molecule has 0 spiro atoms. The van der Waals surface area contributed by atoms with E-state index in [1.165, 1.54) is 25.7 Å². The number of Topliss-reactive ketones (excluding diaryl/α,β-unsaturated/α-hetero) is 1. The Hall–Kier alpha value is -1.38. The zero-order valence-electron chi connectivity index (χ0n) is 11.8. The predicted molar refractivity (Wildman–Crippen MR) is 76.5 cm³/mol. The van der Waals surface area contributed by atoms with Gasteiger partial charge in [0, 0.05) is 18.0 Å². The van der Waals surface area contributed by atoms with Crippen molar-refractivity contribution in [2.75, 3.05) is 5.32 Å². The monoisotopic (exact) mass is 258 g/mol. The second kappa shape index (κ2) is 4.62. The van der Waals surface area contributed by atoms with Gasteiger partial charge in [0.1, 0.15) is 5.82 Å². The van der Waals surface area contributed by atoms with Crippen LogP contribution in [0.4, 0.5) is 5.82 Å². The molecule has 0 radical (unpaired) electrons. The zero-order valence-corrected chi connectivity index (χ0v) is 11.8. The predicted octanol–water partition coefficient (Wildman–Crippen LogP) is 3.59. The zero-order chi connectivity index (χ0) is 13.5. The van der Waals surface area contributed by atoms with Crippen molar-refractivity contribution in [2.24, 2.45) is 5.41 Å². The SMILES string of the molecule is CC1(C)CC(=O)c2ccc(NC3CCCC3)nc2C1. The Morgan fingerprint density at radius 2 is 1.95 bits per heavy atom. The van der Waals surface area contributed by atoms with Crippen LogP contribution in [0, 0.1) is 5.41 Å². The molecule has 0 bridgehead atoms. The van der Waals surface area contributed by atoms with Gasteiger partial charge in [0.2, 0.25) is 0 Å². The summed E-state index contributed by atoms with van der Waals surface area (Å²) in [5.41, 5.74) is 1.85. The molecular formula is C16H22N2O. The molecule has 3 rings (SSSR count). The molecule has 0 unspecified atom stereocenters. The number of pyridine rings is 1. The third-order valence-electron chi connectivity index (χ3n) is 4.27. The fourth-order valence-corrected chi connectivity index (χ4v) is 3.30. The summed E-state index contributed by atoms with van der Waals surface area (Å²) in [5, 5.41) is 3.51. The van der Waals surface area contributed by atoms with E-state index in [9.17, 15) is 4.79 Å². The van der Waals surface area contributed by atoms with Crippen LogP contribution in [0.15, 0.2) is 12.1 Å². The second-order valence-corrected chi connectivity index (χ2v) is 6.76. The van der Waals surface area contributed by atoms with Gasteiger partial charge >= 0.3 is 0 Å². The lowest BCUT2D eigenvalue weighted by Gasteiger charge is -2.29. The van der Waals surface area contributed by atoms with Gasteiger partial charge in [-0.3, -0.25) is 4.79 Å². The molecule has 19 heavy (non-hydrogen) atoms. The Balaban J connectivity index is 1.84. The van der Waals surface area contributed by atoms with Gasteiger partial charge in [-0.2, -0.15) is 0 Å². The molecule has 3 nitrogen and oxygen atoms in total. The molecule has 2 aliphatic carbocycles. The van der Waals surface area contributed by atoms with Crippen LogP contribution in [0.1, 0.15) is 62.0 Å². The molecule has 0 amide bonds. The van der Waals surface area contributed by atoms with E-state index in [2.05, 4.69) is 19.2 Å². The summed E-state index contributed by atoms with van der Waals surface area (Å²) in [5.74, 6) is 1.18. The average Bonchev–Trinajstić information content (AvgIpc) is 2.79. The molecule has 0 aliphatic heterocycles. The van der Waals surface area contributed by atoms with E-state index in [0.29, 0.717) is 12.5 Å². The number of hydrogen-bond acceptors (Lipinski definition) is 3. The van der Waals surface area contributed by atoms with E-state index in [1.807, 2.05) is 12.1 Å². The summed E-state index contributed by atoms with van der Waals surface area (Å²) in [7, 11) is 0. The van der Waals surface area contributed by atoms with Crippen LogP contribution in [0.3, 0.4) is 0 Å². The molecular weight excluding hydrogens is 236 g/mol. The number of fused-ring (bicyclic) bond motifs is 1. The molecule has 1 heterocycles. The van der Waals surface area contributed by atoms with Crippen molar-refractivity contribution in [1.29, 1.82) is 0 Å². The lowest BCUT2D eigenvalue weighted by molar-refractivity contribution is 0.0910. The lowest BCUT2D eigenvalue weighted by atomic mass is 9.76. The summed E-state index contributed by atoms with van der Waals surface area (Å²) in [6.07, 6.45) is 6.64. The fourth-order valence-electron chi connectivity index (χ4n) is 3.30. The normalized spacial score (nSPS) is 22.3. The van der Waals surface area contributed by atoms with Gasteiger partial charge < -0.3 is 5.32 Å². The number of hydrogen-bond donors (Lipinski definition) is 1. The van der Waals surface area contributed by atoms with Gasteiger partial charge in [0.05, 0.1) is 5.69 Å². The van der Waals surface area contributed by atoms with Gasteiger partial charge in [-0.05, 0) is 36.8 Å². The van der Waals surface area contributed by atoms with Crippen molar-refractivity contribution in [2.45, 2.75) is 58.4 Å². The number of carbonyl (C=O) groups excluding carboxylic acids is 1. The summed E-state index contributed by atoms with van der Waals surface area (Å²) < 4.78 is 0. The van der Waals surface area contributed by atoms with Gasteiger partial charge in [-0.25, -0.2) is 4.98 Å². The minimum atomic E-state index is 0.0447. The van der Waals surface area contributed by atoms with Gasteiger partial charge in [-0.15, -0.1) is 0 Å². The van der Waals surface area contributed by atoms with Crippen LogP contribution in [-0.4, -0.2) is 16.8 Å². The first-order chi connectivity index (χ1) is 9.03. The van der Waals surface area contributed by atoms with E-state index < -0.39 is 0 Å². The quantitative estimate of drug-likeness (QED) is 0.881. The number of anilines is 1. The van der Waals surface area contributed by atoms with Crippen LogP contribution in [-0.2, 0) is 6.42 Å². The molecule has 1 fully saturated rings. The average molecular weight is 258 g/mol. The Morgan fingerprint density at radius 3 is 2.68 bits per heavy atom. The first-order valence-corrected chi connectivity index (χ1v) is 7.33. The van der Waals surface area contributed by atoms with Gasteiger partial charge in [0.25, 0.3) is 0 Å².